The molecule has 192 valence electrons. The highest BCUT2D eigenvalue weighted by Gasteiger charge is 2.42. The Morgan fingerprint density at radius 1 is 1.03 bits per heavy atom. The number of nitriles is 1. The number of carbonyl (C=O) groups excluding carboxylic acids is 1. The van der Waals surface area contributed by atoms with Crippen molar-refractivity contribution in [1.29, 1.82) is 5.26 Å². The van der Waals surface area contributed by atoms with Crippen molar-refractivity contribution in [2.75, 3.05) is 45.5 Å². The van der Waals surface area contributed by atoms with Gasteiger partial charge in [0.25, 0.3) is 0 Å². The quantitative estimate of drug-likeness (QED) is 0.559. The number of hydrogen-bond acceptors (Lipinski definition) is 5. The van der Waals surface area contributed by atoms with E-state index in [9.17, 15) is 13.2 Å². The molecule has 0 bridgehead atoms. The molecule has 2 aromatic rings. The normalized spacial score (nSPS) is 21.8. The third-order valence-electron chi connectivity index (χ3n) is 6.89. The summed E-state index contributed by atoms with van der Waals surface area (Å²) in [5.74, 6) is 0.588. The van der Waals surface area contributed by atoms with Gasteiger partial charge in [-0.1, -0.05) is 29.3 Å². The number of urea groups is 1. The smallest absolute Gasteiger partial charge is 0.320 e. The van der Waals surface area contributed by atoms with Crippen molar-refractivity contribution in [3.05, 3.63) is 63.6 Å². The average Bonchev–Trinajstić information content (AvgIpc) is 3.31. The van der Waals surface area contributed by atoms with Crippen molar-refractivity contribution in [2.45, 2.75) is 18.9 Å². The molecule has 0 unspecified atom stereocenters. The van der Waals surface area contributed by atoms with Crippen LogP contribution < -0.4 is 4.74 Å². The van der Waals surface area contributed by atoms with Gasteiger partial charge in [-0.05, 0) is 48.9 Å². The fraction of sp³-hybridized carbons (Fsp3) is 0.440. The van der Waals surface area contributed by atoms with Gasteiger partial charge in [0, 0.05) is 51.1 Å². The molecular formula is C25H28Cl2N4O4S. The molecule has 0 radical (unpaired) electrons. The van der Waals surface area contributed by atoms with E-state index in [1.807, 2.05) is 24.0 Å². The number of rotatable bonds is 5. The van der Waals surface area contributed by atoms with Crippen molar-refractivity contribution < 1.29 is 17.9 Å². The van der Waals surface area contributed by atoms with E-state index in [1.54, 1.807) is 35.2 Å². The minimum atomic E-state index is -3.28. The predicted molar refractivity (Wildman–Crippen MR) is 139 cm³/mol. The zero-order chi connectivity index (χ0) is 26.0. The maximum atomic E-state index is 13.4. The predicted octanol–water partition coefficient (Wildman–Crippen LogP) is 4.05. The maximum absolute atomic E-state index is 13.4. The van der Waals surface area contributed by atoms with Gasteiger partial charge in [-0.3, -0.25) is 0 Å². The van der Waals surface area contributed by atoms with Gasteiger partial charge in [-0.2, -0.15) is 9.57 Å². The molecule has 2 aliphatic heterocycles. The van der Waals surface area contributed by atoms with Crippen LogP contribution >= 0.6 is 23.2 Å². The number of nitrogens with zero attached hydrogens (tertiary/aromatic N) is 4. The lowest BCUT2D eigenvalue weighted by Gasteiger charge is -2.35. The standard InChI is InChI=1S/C25H28Cl2N4O4S/c1-17(35-20-6-3-18(14-28)4-7-20)21-15-30(16-22(21)19-5-8-23(26)24(27)13-19)25(32)29-9-11-31(12-10-29)36(2,33)34/h3-8,13,17,21-22H,9-12,15-16H2,1-2H3/t17-,21-,22-/m0/s1. The van der Waals surface area contributed by atoms with Gasteiger partial charge in [0.15, 0.2) is 0 Å². The Bertz CT molecular complexity index is 1260. The fourth-order valence-electron chi connectivity index (χ4n) is 4.88. The minimum Gasteiger partial charge on any atom is -0.490 e. The number of amides is 2. The molecule has 36 heavy (non-hydrogen) atoms. The number of likely N-dealkylation sites (tertiary alicyclic amines) is 1. The molecule has 2 fully saturated rings. The maximum Gasteiger partial charge on any atom is 0.320 e. The summed E-state index contributed by atoms with van der Waals surface area (Å²) in [4.78, 5) is 16.9. The van der Waals surface area contributed by atoms with Crippen LogP contribution in [-0.4, -0.2) is 80.2 Å². The molecule has 8 nitrogen and oxygen atoms in total. The van der Waals surface area contributed by atoms with Crippen LogP contribution in [0.3, 0.4) is 0 Å². The molecule has 0 aliphatic carbocycles. The Kier molecular flexibility index (Phi) is 8.00. The minimum absolute atomic E-state index is 0.0286. The summed E-state index contributed by atoms with van der Waals surface area (Å²) in [6.45, 7) is 4.21. The number of benzene rings is 2. The molecule has 0 saturated carbocycles. The SMILES string of the molecule is C[C@H](Oc1ccc(C#N)cc1)[C@@H]1CN(C(=O)N2CCN(S(C)(=O)=O)CC2)C[C@H]1c1ccc(Cl)c(Cl)c1. The van der Waals surface area contributed by atoms with Gasteiger partial charge in [-0.25, -0.2) is 13.2 Å². The summed E-state index contributed by atoms with van der Waals surface area (Å²) < 4.78 is 31.3. The van der Waals surface area contributed by atoms with Crippen LogP contribution in [0.4, 0.5) is 4.79 Å². The molecular weight excluding hydrogens is 523 g/mol. The van der Waals surface area contributed by atoms with Crippen LogP contribution in [0, 0.1) is 17.2 Å². The van der Waals surface area contributed by atoms with Crippen molar-refractivity contribution in [1.82, 2.24) is 14.1 Å². The number of sulfonamides is 1. The first kappa shape index (κ1) is 26.6. The largest absolute Gasteiger partial charge is 0.490 e. The molecule has 2 saturated heterocycles. The third kappa shape index (κ3) is 5.89. The number of hydrogen-bond donors (Lipinski definition) is 0. The molecule has 4 rings (SSSR count). The van der Waals surface area contributed by atoms with Gasteiger partial charge in [0.05, 0.1) is 27.9 Å². The van der Waals surface area contributed by atoms with E-state index in [0.717, 1.165) is 5.56 Å². The molecule has 11 heteroatoms. The molecule has 2 amide bonds. The van der Waals surface area contributed by atoms with Crippen molar-refractivity contribution in [2.24, 2.45) is 5.92 Å². The van der Waals surface area contributed by atoms with Crippen LogP contribution in [0.1, 0.15) is 24.0 Å². The Labute approximate surface area is 222 Å². The van der Waals surface area contributed by atoms with Crippen molar-refractivity contribution in [3.63, 3.8) is 0 Å². The zero-order valence-corrected chi connectivity index (χ0v) is 22.4. The summed E-state index contributed by atoms with van der Waals surface area (Å²) in [6, 6.07) is 14.5. The lowest BCUT2D eigenvalue weighted by Crippen LogP contribution is -2.53. The highest BCUT2D eigenvalue weighted by Crippen LogP contribution is 2.39. The van der Waals surface area contributed by atoms with E-state index >= 15 is 0 Å². The summed E-state index contributed by atoms with van der Waals surface area (Å²) in [5, 5.41) is 9.96. The number of halogens is 2. The second-order valence-electron chi connectivity index (χ2n) is 9.24. The van der Waals surface area contributed by atoms with Crippen molar-refractivity contribution in [3.8, 4) is 11.8 Å². The van der Waals surface area contributed by atoms with Gasteiger partial charge >= 0.3 is 6.03 Å². The number of ether oxygens (including phenoxy) is 1. The monoisotopic (exact) mass is 550 g/mol. The van der Waals surface area contributed by atoms with E-state index in [4.69, 9.17) is 33.2 Å². The number of carbonyl (C=O) groups is 1. The second-order valence-corrected chi connectivity index (χ2v) is 12.0. The highest BCUT2D eigenvalue weighted by atomic mass is 35.5. The average molecular weight is 551 g/mol. The van der Waals surface area contributed by atoms with Gasteiger partial charge in [0.1, 0.15) is 11.9 Å². The fourth-order valence-corrected chi connectivity index (χ4v) is 6.01. The number of piperazine rings is 1. The Morgan fingerprint density at radius 3 is 2.28 bits per heavy atom. The van der Waals surface area contributed by atoms with Gasteiger partial charge < -0.3 is 14.5 Å². The molecule has 0 spiro atoms. The summed E-state index contributed by atoms with van der Waals surface area (Å²) >= 11 is 12.5. The Hall–Kier alpha value is -2.51. The Balaban J connectivity index is 1.52. The van der Waals surface area contributed by atoms with E-state index < -0.39 is 10.0 Å². The third-order valence-corrected chi connectivity index (χ3v) is 8.94. The lowest BCUT2D eigenvalue weighted by molar-refractivity contribution is 0.129. The van der Waals surface area contributed by atoms with Crippen LogP contribution in [0.25, 0.3) is 0 Å². The van der Waals surface area contributed by atoms with E-state index in [0.29, 0.717) is 47.5 Å². The van der Waals surface area contributed by atoms with Crippen molar-refractivity contribution >= 4 is 39.3 Å². The summed E-state index contributed by atoms with van der Waals surface area (Å²) in [7, 11) is -3.28. The van der Waals surface area contributed by atoms with E-state index in [-0.39, 0.29) is 37.1 Å². The molecule has 3 atom stereocenters. The molecule has 0 aromatic heterocycles. The highest BCUT2D eigenvalue weighted by molar-refractivity contribution is 7.88. The Morgan fingerprint density at radius 2 is 1.69 bits per heavy atom. The van der Waals surface area contributed by atoms with E-state index in [2.05, 4.69) is 6.07 Å². The van der Waals surface area contributed by atoms with Crippen LogP contribution in [0.2, 0.25) is 10.0 Å². The molecule has 2 aliphatic rings. The molecule has 2 aromatic carbocycles. The van der Waals surface area contributed by atoms with Gasteiger partial charge in [0.2, 0.25) is 10.0 Å². The second kappa shape index (κ2) is 10.9. The first-order valence-electron chi connectivity index (χ1n) is 11.7. The molecule has 2 heterocycles. The van der Waals surface area contributed by atoms with E-state index in [1.165, 1.54) is 10.6 Å². The summed E-state index contributed by atoms with van der Waals surface area (Å²) in [5.41, 5.74) is 1.53. The first-order chi connectivity index (χ1) is 17.1. The van der Waals surface area contributed by atoms with Crippen LogP contribution in [0.5, 0.6) is 5.75 Å². The first-order valence-corrected chi connectivity index (χ1v) is 14.3. The van der Waals surface area contributed by atoms with Crippen LogP contribution in [-0.2, 0) is 10.0 Å². The van der Waals surface area contributed by atoms with Gasteiger partial charge in [-0.15, -0.1) is 0 Å². The topological polar surface area (TPSA) is 93.9 Å². The zero-order valence-electron chi connectivity index (χ0n) is 20.1. The molecule has 0 N–H and O–H groups in total. The lowest BCUT2D eigenvalue weighted by atomic mass is 9.85. The van der Waals surface area contributed by atoms with Crippen LogP contribution in [0.15, 0.2) is 42.5 Å². The summed E-state index contributed by atoms with van der Waals surface area (Å²) in [6.07, 6.45) is 0.949.